The standard InChI is InChI=1S/C14H19N7O/c1-3-4-11-12(8-20-6-5-15-9-20)16-10-21-14(11)19(2)13(18-21)7-17-22/h5-6,9-10,14H,3-4,7-8H2,1-2H3. The lowest BCUT2D eigenvalue weighted by Crippen LogP contribution is -2.43. The van der Waals surface area contributed by atoms with Crippen LogP contribution in [0.15, 0.2) is 45.3 Å². The van der Waals surface area contributed by atoms with Crippen molar-refractivity contribution in [2.45, 2.75) is 32.5 Å². The van der Waals surface area contributed by atoms with Crippen molar-refractivity contribution in [2.24, 2.45) is 15.3 Å². The van der Waals surface area contributed by atoms with E-state index in [4.69, 9.17) is 0 Å². The number of allylic oxidation sites excluding steroid dienone is 1. The lowest BCUT2D eigenvalue weighted by Gasteiger charge is -2.32. The molecule has 0 saturated carbocycles. The summed E-state index contributed by atoms with van der Waals surface area (Å²) in [7, 11) is 1.94. The van der Waals surface area contributed by atoms with Crippen molar-refractivity contribution in [3.8, 4) is 0 Å². The van der Waals surface area contributed by atoms with Gasteiger partial charge >= 0.3 is 0 Å². The Labute approximate surface area is 128 Å². The molecule has 2 aliphatic heterocycles. The molecular formula is C14H19N7O. The zero-order chi connectivity index (χ0) is 15.5. The topological polar surface area (TPSA) is 78.5 Å². The average Bonchev–Trinajstić information content (AvgIpc) is 3.12. The van der Waals surface area contributed by atoms with Crippen LogP contribution in [0.25, 0.3) is 0 Å². The molecule has 8 nitrogen and oxygen atoms in total. The normalized spacial score (nSPS) is 20.5. The van der Waals surface area contributed by atoms with E-state index in [0.717, 1.165) is 18.5 Å². The Bertz CT molecular complexity index is 632. The number of hydrazone groups is 1. The molecule has 0 N–H and O–H groups in total. The second-order valence-corrected chi connectivity index (χ2v) is 5.37. The van der Waals surface area contributed by atoms with E-state index in [9.17, 15) is 4.91 Å². The van der Waals surface area contributed by atoms with E-state index in [1.165, 1.54) is 5.57 Å². The summed E-state index contributed by atoms with van der Waals surface area (Å²) >= 11 is 0. The van der Waals surface area contributed by atoms with Gasteiger partial charge in [-0.2, -0.15) is 10.0 Å². The Balaban J connectivity index is 1.90. The molecule has 0 aliphatic carbocycles. The summed E-state index contributed by atoms with van der Waals surface area (Å²) in [5, 5.41) is 9.19. The second kappa shape index (κ2) is 6.08. The minimum Gasteiger partial charge on any atom is -0.334 e. The van der Waals surface area contributed by atoms with Crippen molar-refractivity contribution >= 4 is 12.2 Å². The molecule has 0 fully saturated rings. The molecule has 0 radical (unpaired) electrons. The molecule has 1 atom stereocenters. The third-order valence-corrected chi connectivity index (χ3v) is 3.89. The predicted molar refractivity (Wildman–Crippen MR) is 84.1 cm³/mol. The van der Waals surface area contributed by atoms with Crippen LogP contribution in [-0.2, 0) is 6.54 Å². The Morgan fingerprint density at radius 1 is 1.41 bits per heavy atom. The molecule has 116 valence electrons. The largest absolute Gasteiger partial charge is 0.334 e. The fraction of sp³-hybridized carbons (Fsp3) is 0.500. The van der Waals surface area contributed by atoms with Crippen molar-refractivity contribution in [3.05, 3.63) is 34.9 Å². The average molecular weight is 301 g/mol. The van der Waals surface area contributed by atoms with Crippen LogP contribution in [0.4, 0.5) is 0 Å². The van der Waals surface area contributed by atoms with Gasteiger partial charge in [0.25, 0.3) is 0 Å². The summed E-state index contributed by atoms with van der Waals surface area (Å²) in [6.07, 6.45) is 9.15. The number of aliphatic imine (C=N–C) groups is 1. The first-order valence-electron chi connectivity index (χ1n) is 7.34. The molecule has 2 aliphatic rings. The summed E-state index contributed by atoms with van der Waals surface area (Å²) in [5.41, 5.74) is 2.26. The van der Waals surface area contributed by atoms with Gasteiger partial charge in [0.2, 0.25) is 0 Å². The van der Waals surface area contributed by atoms with E-state index in [1.54, 1.807) is 18.9 Å². The molecule has 22 heavy (non-hydrogen) atoms. The van der Waals surface area contributed by atoms with E-state index in [1.807, 2.05) is 27.7 Å². The van der Waals surface area contributed by atoms with Gasteiger partial charge in [0, 0.05) is 19.4 Å². The highest BCUT2D eigenvalue weighted by atomic mass is 16.3. The van der Waals surface area contributed by atoms with E-state index in [2.05, 4.69) is 27.2 Å². The lowest BCUT2D eigenvalue weighted by molar-refractivity contribution is 0.259. The van der Waals surface area contributed by atoms with E-state index < -0.39 is 0 Å². The number of rotatable bonds is 6. The minimum atomic E-state index is -0.00674. The van der Waals surface area contributed by atoms with Crippen LogP contribution >= 0.6 is 0 Å². The van der Waals surface area contributed by atoms with Gasteiger partial charge in [0.05, 0.1) is 18.6 Å². The van der Waals surface area contributed by atoms with Gasteiger partial charge in [0.15, 0.2) is 5.84 Å². The van der Waals surface area contributed by atoms with Crippen LogP contribution < -0.4 is 0 Å². The maximum Gasteiger partial charge on any atom is 0.152 e. The van der Waals surface area contributed by atoms with Crippen LogP contribution in [0.3, 0.4) is 0 Å². The van der Waals surface area contributed by atoms with Gasteiger partial charge < -0.3 is 9.47 Å². The third kappa shape index (κ3) is 2.51. The van der Waals surface area contributed by atoms with Gasteiger partial charge in [-0.05, 0) is 12.0 Å². The van der Waals surface area contributed by atoms with E-state index in [-0.39, 0.29) is 12.7 Å². The molecular weight excluding hydrogens is 282 g/mol. The Hall–Kier alpha value is -2.51. The third-order valence-electron chi connectivity index (χ3n) is 3.89. The first kappa shape index (κ1) is 14.4. The number of nitroso groups, excluding NO2 is 1. The number of hydrogen-bond acceptors (Lipinski definition) is 7. The van der Waals surface area contributed by atoms with Crippen molar-refractivity contribution in [1.29, 1.82) is 0 Å². The van der Waals surface area contributed by atoms with Crippen LogP contribution in [-0.4, -0.2) is 51.4 Å². The second-order valence-electron chi connectivity index (χ2n) is 5.37. The van der Waals surface area contributed by atoms with Gasteiger partial charge in [0.1, 0.15) is 19.0 Å². The van der Waals surface area contributed by atoms with Crippen molar-refractivity contribution < 1.29 is 0 Å². The molecule has 3 rings (SSSR count). The quantitative estimate of drug-likeness (QED) is 0.748. The van der Waals surface area contributed by atoms with E-state index >= 15 is 0 Å². The maximum atomic E-state index is 10.6. The number of nitrogens with zero attached hydrogens (tertiary/aromatic N) is 7. The Morgan fingerprint density at radius 3 is 2.95 bits per heavy atom. The molecule has 1 aromatic heterocycles. The number of hydrogen-bond donors (Lipinski definition) is 0. The number of imidazole rings is 1. The summed E-state index contributed by atoms with van der Waals surface area (Å²) in [6.45, 7) is 2.91. The summed E-state index contributed by atoms with van der Waals surface area (Å²) in [6, 6.07) is 0. The van der Waals surface area contributed by atoms with Crippen LogP contribution in [0.1, 0.15) is 19.8 Å². The monoisotopic (exact) mass is 301 g/mol. The molecule has 0 saturated heterocycles. The summed E-state index contributed by atoms with van der Waals surface area (Å²) < 4.78 is 2.00. The molecule has 0 bridgehead atoms. The minimum absolute atomic E-state index is 0.00674. The zero-order valence-corrected chi connectivity index (χ0v) is 12.8. The maximum absolute atomic E-state index is 10.6. The Morgan fingerprint density at radius 2 is 2.27 bits per heavy atom. The van der Waals surface area contributed by atoms with Crippen LogP contribution in [0, 0.1) is 4.91 Å². The van der Waals surface area contributed by atoms with E-state index in [0.29, 0.717) is 12.4 Å². The molecule has 0 spiro atoms. The molecule has 1 aromatic rings. The van der Waals surface area contributed by atoms with Gasteiger partial charge in [-0.1, -0.05) is 18.5 Å². The number of likely N-dealkylation sites (N-methyl/N-ethyl adjacent to an activating group) is 1. The zero-order valence-electron chi connectivity index (χ0n) is 12.8. The number of aromatic nitrogens is 2. The van der Waals surface area contributed by atoms with Crippen molar-refractivity contribution in [3.63, 3.8) is 0 Å². The molecule has 3 heterocycles. The summed E-state index contributed by atoms with van der Waals surface area (Å²) in [5.74, 6) is 0.670. The molecule has 0 amide bonds. The van der Waals surface area contributed by atoms with Gasteiger partial charge in [-0.25, -0.2) is 15.0 Å². The molecule has 8 heteroatoms. The highest BCUT2D eigenvalue weighted by Crippen LogP contribution is 2.30. The van der Waals surface area contributed by atoms with Gasteiger partial charge in [-0.3, -0.25) is 0 Å². The number of fused-ring (bicyclic) bond motifs is 1. The predicted octanol–water partition coefficient (Wildman–Crippen LogP) is 1.63. The van der Waals surface area contributed by atoms with Gasteiger partial charge in [-0.15, -0.1) is 0 Å². The molecule has 0 aromatic carbocycles. The van der Waals surface area contributed by atoms with Crippen molar-refractivity contribution in [2.75, 3.05) is 13.6 Å². The highest BCUT2D eigenvalue weighted by Gasteiger charge is 2.36. The smallest absolute Gasteiger partial charge is 0.152 e. The number of amidine groups is 1. The molecule has 1 unspecified atom stereocenters. The van der Waals surface area contributed by atoms with Crippen LogP contribution in [0.5, 0.6) is 0 Å². The SMILES string of the molecule is CCCC1=C(Cn2ccnc2)N=CN2N=C(CN=O)N(C)C12. The summed E-state index contributed by atoms with van der Waals surface area (Å²) in [4.78, 5) is 21.2. The fourth-order valence-electron chi connectivity index (χ4n) is 2.86. The lowest BCUT2D eigenvalue weighted by atomic mass is 10.0. The first-order chi connectivity index (χ1) is 10.7. The highest BCUT2D eigenvalue weighted by molar-refractivity contribution is 5.87. The van der Waals surface area contributed by atoms with Crippen molar-refractivity contribution in [1.82, 2.24) is 19.5 Å². The first-order valence-corrected chi connectivity index (χ1v) is 7.34. The fourth-order valence-corrected chi connectivity index (χ4v) is 2.86. The Kier molecular flexibility index (Phi) is 3.99. The van der Waals surface area contributed by atoms with Crippen LogP contribution in [0.2, 0.25) is 0 Å².